The Labute approximate surface area is 171 Å². The van der Waals surface area contributed by atoms with E-state index in [0.717, 1.165) is 57.5 Å². The summed E-state index contributed by atoms with van der Waals surface area (Å²) in [5, 5.41) is 3.63. The van der Waals surface area contributed by atoms with Crippen molar-refractivity contribution in [1.82, 2.24) is 20.0 Å². The van der Waals surface area contributed by atoms with Gasteiger partial charge in [0, 0.05) is 51.9 Å². The van der Waals surface area contributed by atoms with Crippen LogP contribution in [-0.4, -0.2) is 91.3 Å². The second-order valence-electron chi connectivity index (χ2n) is 10.2. The van der Waals surface area contributed by atoms with Crippen molar-refractivity contribution in [2.24, 2.45) is 11.8 Å². The van der Waals surface area contributed by atoms with Gasteiger partial charge in [0.05, 0.1) is 0 Å². The molecule has 3 aliphatic rings. The number of carbonyl (C=O) groups is 1. The van der Waals surface area contributed by atoms with Crippen molar-refractivity contribution in [1.29, 1.82) is 0 Å². The maximum Gasteiger partial charge on any atom is 0.410 e. The first-order valence-electron chi connectivity index (χ1n) is 11.5. The summed E-state index contributed by atoms with van der Waals surface area (Å²) in [6.45, 7) is 17.8. The number of likely N-dealkylation sites (tertiary alicyclic amines) is 1. The molecule has 28 heavy (non-hydrogen) atoms. The summed E-state index contributed by atoms with van der Waals surface area (Å²) in [5.41, 5.74) is -0.424. The summed E-state index contributed by atoms with van der Waals surface area (Å²) < 4.78 is 5.59. The Balaban J connectivity index is 1.55. The molecule has 6 heteroatoms. The molecule has 0 spiro atoms. The van der Waals surface area contributed by atoms with Gasteiger partial charge in [-0.2, -0.15) is 0 Å². The number of nitrogens with one attached hydrogen (secondary N) is 1. The largest absolute Gasteiger partial charge is 0.444 e. The molecule has 3 rings (SSSR count). The highest BCUT2D eigenvalue weighted by atomic mass is 16.6. The molecule has 3 unspecified atom stereocenters. The lowest BCUT2D eigenvalue weighted by Crippen LogP contribution is -2.55. The molecule has 0 aromatic rings. The van der Waals surface area contributed by atoms with E-state index < -0.39 is 5.60 Å². The summed E-state index contributed by atoms with van der Waals surface area (Å²) in [5.74, 6) is 1.58. The fraction of sp³-hybridized carbons (Fsp3) is 0.955. The van der Waals surface area contributed by atoms with Crippen LogP contribution in [0.15, 0.2) is 0 Å². The Morgan fingerprint density at radius 2 is 1.89 bits per heavy atom. The van der Waals surface area contributed by atoms with Crippen LogP contribution in [0.1, 0.15) is 53.4 Å². The number of ether oxygens (including phenoxy) is 1. The summed E-state index contributed by atoms with van der Waals surface area (Å²) >= 11 is 0. The predicted molar refractivity (Wildman–Crippen MR) is 114 cm³/mol. The molecule has 3 fully saturated rings. The highest BCUT2D eigenvalue weighted by molar-refractivity contribution is 5.68. The SMILES string of the molecule is CC1CCCN(CC2CCNCC2N2CCCN(C(=O)OC(C)(C)C)CC2)C1. The number of nitrogens with zero attached hydrogens (tertiary/aromatic N) is 3. The maximum atomic E-state index is 12.5. The van der Waals surface area contributed by atoms with E-state index in [1.54, 1.807) is 0 Å². The third-order valence-electron chi connectivity index (χ3n) is 6.47. The molecule has 1 N–H and O–H groups in total. The second-order valence-corrected chi connectivity index (χ2v) is 10.2. The van der Waals surface area contributed by atoms with Crippen LogP contribution >= 0.6 is 0 Å². The summed E-state index contributed by atoms with van der Waals surface area (Å²) in [6, 6.07) is 0.588. The number of piperidine rings is 2. The van der Waals surface area contributed by atoms with E-state index in [-0.39, 0.29) is 6.09 Å². The Kier molecular flexibility index (Phi) is 7.62. The molecule has 1 amide bonds. The smallest absolute Gasteiger partial charge is 0.410 e. The third-order valence-corrected chi connectivity index (χ3v) is 6.47. The second kappa shape index (κ2) is 9.77. The fourth-order valence-electron chi connectivity index (χ4n) is 5.10. The fourth-order valence-corrected chi connectivity index (χ4v) is 5.10. The van der Waals surface area contributed by atoms with Crippen molar-refractivity contribution in [3.8, 4) is 0 Å². The molecule has 3 aliphatic heterocycles. The van der Waals surface area contributed by atoms with Gasteiger partial charge in [-0.3, -0.25) is 4.90 Å². The van der Waals surface area contributed by atoms with Gasteiger partial charge in [0.25, 0.3) is 0 Å². The van der Waals surface area contributed by atoms with Gasteiger partial charge in [0.15, 0.2) is 0 Å². The average molecular weight is 395 g/mol. The van der Waals surface area contributed by atoms with Crippen molar-refractivity contribution in [3.05, 3.63) is 0 Å². The first-order chi connectivity index (χ1) is 13.3. The lowest BCUT2D eigenvalue weighted by atomic mass is 9.89. The van der Waals surface area contributed by atoms with Crippen molar-refractivity contribution in [3.63, 3.8) is 0 Å². The lowest BCUT2D eigenvalue weighted by Gasteiger charge is -2.43. The molecule has 3 atom stereocenters. The summed E-state index contributed by atoms with van der Waals surface area (Å²) in [7, 11) is 0. The van der Waals surface area contributed by atoms with E-state index in [1.165, 1.54) is 38.9 Å². The zero-order chi connectivity index (χ0) is 20.1. The van der Waals surface area contributed by atoms with Crippen molar-refractivity contribution in [2.75, 3.05) is 58.9 Å². The number of rotatable bonds is 3. The van der Waals surface area contributed by atoms with Crippen molar-refractivity contribution in [2.45, 2.75) is 65.0 Å². The third kappa shape index (κ3) is 6.33. The van der Waals surface area contributed by atoms with Crippen LogP contribution in [0.2, 0.25) is 0 Å². The standard InChI is InChI=1S/C22H42N4O2/c1-18-7-5-10-24(16-18)17-19-8-9-23-15-20(19)25-11-6-12-26(14-13-25)21(27)28-22(2,3)4/h18-20,23H,5-17H2,1-4H3. The van der Waals surface area contributed by atoms with Crippen LogP contribution < -0.4 is 5.32 Å². The van der Waals surface area contributed by atoms with Crippen LogP contribution in [0.4, 0.5) is 4.79 Å². The van der Waals surface area contributed by atoms with Gasteiger partial charge >= 0.3 is 6.09 Å². The Bertz CT molecular complexity index is 507. The van der Waals surface area contributed by atoms with Crippen LogP contribution in [0.3, 0.4) is 0 Å². The number of amides is 1. The topological polar surface area (TPSA) is 48.0 Å². The van der Waals surface area contributed by atoms with E-state index in [2.05, 4.69) is 22.0 Å². The van der Waals surface area contributed by atoms with Gasteiger partial charge in [-0.25, -0.2) is 4.79 Å². The van der Waals surface area contributed by atoms with Crippen molar-refractivity contribution >= 4 is 6.09 Å². The Morgan fingerprint density at radius 3 is 2.64 bits per heavy atom. The molecule has 0 radical (unpaired) electrons. The first-order valence-corrected chi connectivity index (χ1v) is 11.5. The van der Waals surface area contributed by atoms with E-state index in [0.29, 0.717) is 6.04 Å². The number of hydrogen-bond donors (Lipinski definition) is 1. The molecular formula is C22H42N4O2. The zero-order valence-corrected chi connectivity index (χ0v) is 18.6. The summed E-state index contributed by atoms with van der Waals surface area (Å²) in [4.78, 5) is 19.7. The maximum absolute atomic E-state index is 12.5. The molecule has 3 saturated heterocycles. The molecule has 0 bridgehead atoms. The zero-order valence-electron chi connectivity index (χ0n) is 18.6. The molecule has 0 saturated carbocycles. The minimum absolute atomic E-state index is 0.157. The van der Waals surface area contributed by atoms with E-state index in [1.807, 2.05) is 25.7 Å². The van der Waals surface area contributed by atoms with E-state index in [4.69, 9.17) is 4.74 Å². The molecular weight excluding hydrogens is 352 g/mol. The van der Waals surface area contributed by atoms with Gasteiger partial charge in [-0.05, 0) is 71.4 Å². The van der Waals surface area contributed by atoms with E-state index in [9.17, 15) is 4.79 Å². The molecule has 162 valence electrons. The van der Waals surface area contributed by atoms with Crippen LogP contribution in [-0.2, 0) is 4.74 Å². The van der Waals surface area contributed by atoms with Gasteiger partial charge in [-0.1, -0.05) is 6.92 Å². The predicted octanol–water partition coefficient (Wildman–Crippen LogP) is 2.64. The van der Waals surface area contributed by atoms with Crippen LogP contribution in [0, 0.1) is 11.8 Å². The molecule has 0 aliphatic carbocycles. The van der Waals surface area contributed by atoms with Gasteiger partial charge in [0.2, 0.25) is 0 Å². The van der Waals surface area contributed by atoms with Crippen LogP contribution in [0.25, 0.3) is 0 Å². The monoisotopic (exact) mass is 394 g/mol. The highest BCUT2D eigenvalue weighted by Crippen LogP contribution is 2.24. The average Bonchev–Trinajstić information content (AvgIpc) is 2.87. The highest BCUT2D eigenvalue weighted by Gasteiger charge is 2.34. The molecule has 0 aromatic carbocycles. The molecule has 3 heterocycles. The lowest BCUT2D eigenvalue weighted by molar-refractivity contribution is 0.0247. The molecule has 6 nitrogen and oxygen atoms in total. The minimum atomic E-state index is -0.424. The van der Waals surface area contributed by atoms with Gasteiger partial charge in [0.1, 0.15) is 5.60 Å². The van der Waals surface area contributed by atoms with E-state index >= 15 is 0 Å². The number of hydrogen-bond acceptors (Lipinski definition) is 5. The summed E-state index contributed by atoms with van der Waals surface area (Å²) in [6.07, 6.45) is 4.88. The van der Waals surface area contributed by atoms with Gasteiger partial charge < -0.3 is 19.9 Å². The van der Waals surface area contributed by atoms with Crippen molar-refractivity contribution < 1.29 is 9.53 Å². The normalized spacial score (nSPS) is 31.4. The molecule has 0 aromatic heterocycles. The van der Waals surface area contributed by atoms with Gasteiger partial charge in [-0.15, -0.1) is 0 Å². The minimum Gasteiger partial charge on any atom is -0.444 e. The Morgan fingerprint density at radius 1 is 1.07 bits per heavy atom. The first kappa shape index (κ1) is 21.8. The Hall–Kier alpha value is -0.850. The van der Waals surface area contributed by atoms with Crippen LogP contribution in [0.5, 0.6) is 0 Å². The quantitative estimate of drug-likeness (QED) is 0.797. The number of carbonyl (C=O) groups excluding carboxylic acids is 1.